The Morgan fingerprint density at radius 2 is 1.90 bits per heavy atom. The Morgan fingerprint density at radius 1 is 1.10 bits per heavy atom. The van der Waals surface area contributed by atoms with E-state index in [1.54, 1.807) is 37.4 Å². The van der Waals surface area contributed by atoms with Gasteiger partial charge in [-0.2, -0.15) is 0 Å². The summed E-state index contributed by atoms with van der Waals surface area (Å²) < 4.78 is 34.1. The normalized spacial score (nSPS) is 12.8. The number of fused-ring (bicyclic) bond motifs is 1. The first-order valence-corrected chi connectivity index (χ1v) is 7.19. The number of benzene rings is 2. The lowest BCUT2D eigenvalue weighted by molar-refractivity contribution is 0.465. The molecule has 3 aromatic rings. The number of nitrogens with one attached hydrogen (secondary N) is 1. The second-order valence-corrected chi connectivity index (χ2v) is 5.61. The van der Waals surface area contributed by atoms with Crippen molar-refractivity contribution in [1.29, 1.82) is 0 Å². The molecule has 0 radical (unpaired) electrons. The zero-order valence-electron chi connectivity index (χ0n) is 11.2. The number of rotatable bonds is 3. The SMILES string of the molecule is CNC(c1cc2cccc(F)c2o1)c1cc(Br)ccc1F. The van der Waals surface area contributed by atoms with Gasteiger partial charge in [-0.05, 0) is 37.4 Å². The summed E-state index contributed by atoms with van der Waals surface area (Å²) in [5.74, 6) is -0.309. The first-order chi connectivity index (χ1) is 10.1. The van der Waals surface area contributed by atoms with Gasteiger partial charge in [0.1, 0.15) is 11.6 Å². The first kappa shape index (κ1) is 14.2. The molecular formula is C16H12BrF2NO. The highest BCUT2D eigenvalue weighted by Crippen LogP contribution is 2.31. The van der Waals surface area contributed by atoms with E-state index in [0.29, 0.717) is 16.7 Å². The van der Waals surface area contributed by atoms with E-state index in [2.05, 4.69) is 21.2 Å². The summed E-state index contributed by atoms with van der Waals surface area (Å²) in [6, 6.07) is 10.6. The molecule has 0 saturated carbocycles. The van der Waals surface area contributed by atoms with Gasteiger partial charge in [-0.3, -0.25) is 0 Å². The topological polar surface area (TPSA) is 25.2 Å². The van der Waals surface area contributed by atoms with Crippen LogP contribution in [0.25, 0.3) is 11.0 Å². The van der Waals surface area contributed by atoms with E-state index in [0.717, 1.165) is 4.47 Å². The van der Waals surface area contributed by atoms with Crippen LogP contribution in [0.4, 0.5) is 8.78 Å². The van der Waals surface area contributed by atoms with Crippen molar-refractivity contribution in [3.05, 3.63) is 69.9 Å². The maximum atomic E-state index is 14.1. The molecule has 5 heteroatoms. The minimum Gasteiger partial charge on any atom is -0.456 e. The Labute approximate surface area is 128 Å². The Morgan fingerprint density at radius 3 is 2.62 bits per heavy atom. The monoisotopic (exact) mass is 351 g/mol. The zero-order valence-corrected chi connectivity index (χ0v) is 12.7. The molecule has 0 fully saturated rings. The maximum Gasteiger partial charge on any atom is 0.169 e. The molecule has 0 aliphatic rings. The van der Waals surface area contributed by atoms with Gasteiger partial charge in [-0.25, -0.2) is 8.78 Å². The smallest absolute Gasteiger partial charge is 0.169 e. The van der Waals surface area contributed by atoms with E-state index < -0.39 is 11.9 Å². The number of para-hydroxylation sites is 1. The van der Waals surface area contributed by atoms with E-state index >= 15 is 0 Å². The van der Waals surface area contributed by atoms with E-state index in [1.807, 2.05) is 0 Å². The van der Waals surface area contributed by atoms with Crippen molar-refractivity contribution >= 4 is 26.9 Å². The zero-order chi connectivity index (χ0) is 15.0. The minimum atomic E-state index is -0.491. The molecule has 1 unspecified atom stereocenters. The van der Waals surface area contributed by atoms with E-state index in [4.69, 9.17) is 4.42 Å². The van der Waals surface area contributed by atoms with E-state index in [9.17, 15) is 8.78 Å². The molecule has 0 spiro atoms. The van der Waals surface area contributed by atoms with Crippen molar-refractivity contribution in [2.45, 2.75) is 6.04 Å². The van der Waals surface area contributed by atoms with Crippen LogP contribution in [-0.2, 0) is 0 Å². The molecule has 3 rings (SSSR count). The van der Waals surface area contributed by atoms with Crippen LogP contribution in [0.2, 0.25) is 0 Å². The van der Waals surface area contributed by atoms with Crippen LogP contribution in [0, 0.1) is 11.6 Å². The van der Waals surface area contributed by atoms with Gasteiger partial charge < -0.3 is 9.73 Å². The van der Waals surface area contributed by atoms with Crippen LogP contribution < -0.4 is 5.32 Å². The summed E-state index contributed by atoms with van der Waals surface area (Å²) in [6.07, 6.45) is 0. The first-order valence-electron chi connectivity index (χ1n) is 6.40. The molecular weight excluding hydrogens is 340 g/mol. The summed E-state index contributed by atoms with van der Waals surface area (Å²) >= 11 is 3.33. The molecule has 0 amide bonds. The third-order valence-corrected chi connectivity index (χ3v) is 3.85. The van der Waals surface area contributed by atoms with Gasteiger partial charge in [-0.15, -0.1) is 0 Å². The average molecular weight is 352 g/mol. The summed E-state index contributed by atoms with van der Waals surface area (Å²) in [5, 5.41) is 3.66. The highest BCUT2D eigenvalue weighted by Gasteiger charge is 2.21. The number of hydrogen-bond acceptors (Lipinski definition) is 2. The summed E-state index contributed by atoms with van der Waals surface area (Å²) in [7, 11) is 1.70. The molecule has 21 heavy (non-hydrogen) atoms. The highest BCUT2D eigenvalue weighted by molar-refractivity contribution is 9.10. The molecule has 1 atom stereocenters. The molecule has 0 aliphatic heterocycles. The molecule has 1 N–H and O–H groups in total. The maximum absolute atomic E-state index is 14.1. The lowest BCUT2D eigenvalue weighted by Crippen LogP contribution is -2.18. The van der Waals surface area contributed by atoms with Gasteiger partial charge in [0.05, 0.1) is 6.04 Å². The van der Waals surface area contributed by atoms with Crippen molar-refractivity contribution in [3.63, 3.8) is 0 Å². The fourth-order valence-corrected chi connectivity index (χ4v) is 2.76. The van der Waals surface area contributed by atoms with Gasteiger partial charge in [0.25, 0.3) is 0 Å². The molecule has 0 saturated heterocycles. The average Bonchev–Trinajstić information content (AvgIpc) is 2.89. The Kier molecular flexibility index (Phi) is 3.78. The largest absolute Gasteiger partial charge is 0.456 e. The predicted molar refractivity (Wildman–Crippen MR) is 81.2 cm³/mol. The predicted octanol–water partition coefficient (Wildman–Crippen LogP) is 4.78. The van der Waals surface area contributed by atoms with E-state index in [1.165, 1.54) is 12.1 Å². The van der Waals surface area contributed by atoms with Gasteiger partial charge in [-0.1, -0.05) is 28.1 Å². The quantitative estimate of drug-likeness (QED) is 0.734. The van der Waals surface area contributed by atoms with Crippen LogP contribution in [0.3, 0.4) is 0 Å². The van der Waals surface area contributed by atoms with Crippen molar-refractivity contribution < 1.29 is 13.2 Å². The van der Waals surface area contributed by atoms with Crippen LogP contribution in [0.5, 0.6) is 0 Å². The Bertz CT molecular complexity index is 800. The van der Waals surface area contributed by atoms with Crippen molar-refractivity contribution in [3.8, 4) is 0 Å². The van der Waals surface area contributed by atoms with Gasteiger partial charge in [0.2, 0.25) is 0 Å². The van der Waals surface area contributed by atoms with Gasteiger partial charge in [0.15, 0.2) is 11.4 Å². The van der Waals surface area contributed by atoms with E-state index in [-0.39, 0.29) is 11.4 Å². The van der Waals surface area contributed by atoms with Crippen molar-refractivity contribution in [2.75, 3.05) is 7.05 Å². The molecule has 0 aliphatic carbocycles. The minimum absolute atomic E-state index is 0.183. The standard InChI is InChI=1S/C16H12BrF2NO/c1-20-15(11-8-10(17)5-6-12(11)18)14-7-9-3-2-4-13(19)16(9)21-14/h2-8,15,20H,1H3. The third kappa shape index (κ3) is 2.59. The lowest BCUT2D eigenvalue weighted by Gasteiger charge is -2.15. The highest BCUT2D eigenvalue weighted by atomic mass is 79.9. The van der Waals surface area contributed by atoms with Crippen LogP contribution in [0.1, 0.15) is 17.4 Å². The second kappa shape index (κ2) is 5.58. The lowest BCUT2D eigenvalue weighted by atomic mass is 10.0. The van der Waals surface area contributed by atoms with Crippen molar-refractivity contribution in [2.24, 2.45) is 0 Å². The molecule has 2 nitrogen and oxygen atoms in total. The molecule has 1 aromatic heterocycles. The number of halogens is 3. The Balaban J connectivity index is 2.13. The van der Waals surface area contributed by atoms with Gasteiger partial charge in [0, 0.05) is 15.4 Å². The number of hydrogen-bond donors (Lipinski definition) is 1. The summed E-state index contributed by atoms with van der Waals surface area (Å²) in [5.41, 5.74) is 0.620. The van der Waals surface area contributed by atoms with Crippen LogP contribution in [0.15, 0.2) is 51.4 Å². The molecule has 1 heterocycles. The van der Waals surface area contributed by atoms with Crippen molar-refractivity contribution in [1.82, 2.24) is 5.32 Å². The summed E-state index contributed by atoms with van der Waals surface area (Å²) in [4.78, 5) is 0. The molecule has 108 valence electrons. The fraction of sp³-hybridized carbons (Fsp3) is 0.125. The van der Waals surface area contributed by atoms with Crippen LogP contribution in [-0.4, -0.2) is 7.05 Å². The number of furan rings is 1. The second-order valence-electron chi connectivity index (χ2n) is 4.69. The van der Waals surface area contributed by atoms with Crippen LogP contribution >= 0.6 is 15.9 Å². The summed E-state index contributed by atoms with van der Waals surface area (Å²) in [6.45, 7) is 0. The molecule has 0 bridgehead atoms. The van der Waals surface area contributed by atoms with Gasteiger partial charge >= 0.3 is 0 Å². The Hall–Kier alpha value is -1.72. The third-order valence-electron chi connectivity index (χ3n) is 3.36. The molecule has 2 aromatic carbocycles. The fourth-order valence-electron chi connectivity index (χ4n) is 2.38.